The lowest BCUT2D eigenvalue weighted by Crippen LogP contribution is -2.34. The van der Waals surface area contributed by atoms with Crippen molar-refractivity contribution >= 4 is 5.91 Å². The Bertz CT molecular complexity index is 834. The molecule has 0 spiro atoms. The van der Waals surface area contributed by atoms with Crippen molar-refractivity contribution in [1.29, 1.82) is 0 Å². The Morgan fingerprint density at radius 2 is 1.96 bits per heavy atom. The summed E-state index contributed by atoms with van der Waals surface area (Å²) in [7, 11) is 0. The molecule has 1 aromatic carbocycles. The normalized spacial score (nSPS) is 12.0. The van der Waals surface area contributed by atoms with Crippen molar-refractivity contribution in [3.05, 3.63) is 71.3 Å². The van der Waals surface area contributed by atoms with Crippen molar-refractivity contribution < 1.29 is 4.79 Å². The number of pyridine rings is 1. The first kappa shape index (κ1) is 16.9. The van der Waals surface area contributed by atoms with Crippen molar-refractivity contribution in [3.8, 4) is 11.1 Å². The Labute approximate surface area is 147 Å². The molecule has 0 fully saturated rings. The van der Waals surface area contributed by atoms with E-state index >= 15 is 0 Å². The molecule has 128 valence electrons. The summed E-state index contributed by atoms with van der Waals surface area (Å²) in [5, 5.41) is 10.2. The molecule has 3 rings (SSSR count). The summed E-state index contributed by atoms with van der Waals surface area (Å²) in [5.74, 6) is -0.0661. The molecular formula is C20H22N4O. The molecule has 0 aliphatic heterocycles. The summed E-state index contributed by atoms with van der Waals surface area (Å²) in [5.41, 5.74) is 5.90. The molecule has 5 nitrogen and oxygen atoms in total. The molecule has 0 saturated carbocycles. The maximum Gasteiger partial charge on any atom is 0.251 e. The highest BCUT2D eigenvalue weighted by Gasteiger charge is 2.12. The lowest BCUT2D eigenvalue weighted by molar-refractivity contribution is 0.0940. The Morgan fingerprint density at radius 1 is 1.20 bits per heavy atom. The number of aromatic amines is 1. The topological polar surface area (TPSA) is 70.7 Å². The van der Waals surface area contributed by atoms with Crippen LogP contribution in [0.15, 0.2) is 48.8 Å². The number of hydrogen-bond donors (Lipinski definition) is 2. The third kappa shape index (κ3) is 3.94. The van der Waals surface area contributed by atoms with E-state index in [0.29, 0.717) is 5.56 Å². The van der Waals surface area contributed by atoms with E-state index in [4.69, 9.17) is 0 Å². The van der Waals surface area contributed by atoms with E-state index < -0.39 is 0 Å². The number of aromatic nitrogens is 3. The third-order valence-corrected chi connectivity index (χ3v) is 4.21. The quantitative estimate of drug-likeness (QED) is 0.751. The maximum absolute atomic E-state index is 12.4. The highest BCUT2D eigenvalue weighted by molar-refractivity contribution is 5.95. The van der Waals surface area contributed by atoms with Crippen LogP contribution in [0, 0.1) is 13.8 Å². The van der Waals surface area contributed by atoms with Gasteiger partial charge >= 0.3 is 0 Å². The van der Waals surface area contributed by atoms with Crippen molar-refractivity contribution in [3.63, 3.8) is 0 Å². The second kappa shape index (κ2) is 7.30. The summed E-state index contributed by atoms with van der Waals surface area (Å²) in [6.45, 7) is 5.97. The van der Waals surface area contributed by atoms with E-state index in [9.17, 15) is 4.79 Å². The number of nitrogens with zero attached hydrogens (tertiary/aromatic N) is 2. The van der Waals surface area contributed by atoms with Gasteiger partial charge < -0.3 is 5.32 Å². The zero-order valence-electron chi connectivity index (χ0n) is 14.7. The number of nitrogens with one attached hydrogen (secondary N) is 2. The average molecular weight is 334 g/mol. The number of benzene rings is 1. The van der Waals surface area contributed by atoms with Gasteiger partial charge in [-0.2, -0.15) is 5.10 Å². The van der Waals surface area contributed by atoms with Crippen LogP contribution in [-0.2, 0) is 6.42 Å². The minimum Gasteiger partial charge on any atom is -0.349 e. The molecule has 1 amide bonds. The van der Waals surface area contributed by atoms with Gasteiger partial charge in [0.25, 0.3) is 5.91 Å². The van der Waals surface area contributed by atoms with Crippen LogP contribution < -0.4 is 5.32 Å². The molecule has 0 aliphatic rings. The van der Waals surface area contributed by atoms with Gasteiger partial charge in [0.1, 0.15) is 0 Å². The molecular weight excluding hydrogens is 312 g/mol. The van der Waals surface area contributed by atoms with E-state index in [1.807, 2.05) is 63.4 Å². The fourth-order valence-electron chi connectivity index (χ4n) is 3.00. The van der Waals surface area contributed by atoms with Crippen molar-refractivity contribution in [2.45, 2.75) is 33.2 Å². The minimum atomic E-state index is -0.0661. The molecule has 0 unspecified atom stereocenters. The number of H-pyrrole nitrogens is 1. The fourth-order valence-corrected chi connectivity index (χ4v) is 3.00. The predicted octanol–water partition coefficient (Wildman–Crippen LogP) is 3.45. The smallest absolute Gasteiger partial charge is 0.251 e. The van der Waals surface area contributed by atoms with Crippen LogP contribution >= 0.6 is 0 Å². The molecule has 1 atom stereocenters. The maximum atomic E-state index is 12.4. The lowest BCUT2D eigenvalue weighted by atomic mass is 10.0. The largest absolute Gasteiger partial charge is 0.349 e. The van der Waals surface area contributed by atoms with E-state index in [2.05, 4.69) is 20.5 Å². The van der Waals surface area contributed by atoms with Gasteiger partial charge in [-0.1, -0.05) is 18.2 Å². The first-order valence-corrected chi connectivity index (χ1v) is 8.36. The number of carbonyl (C=O) groups is 1. The first-order valence-electron chi connectivity index (χ1n) is 8.36. The second-order valence-corrected chi connectivity index (χ2v) is 6.33. The fraction of sp³-hybridized carbons (Fsp3) is 0.250. The van der Waals surface area contributed by atoms with Crippen molar-refractivity contribution in [2.75, 3.05) is 0 Å². The van der Waals surface area contributed by atoms with Gasteiger partial charge in [0.2, 0.25) is 0 Å². The zero-order chi connectivity index (χ0) is 17.8. The van der Waals surface area contributed by atoms with E-state index in [-0.39, 0.29) is 11.9 Å². The Morgan fingerprint density at radius 3 is 2.56 bits per heavy atom. The zero-order valence-corrected chi connectivity index (χ0v) is 14.7. The second-order valence-electron chi connectivity index (χ2n) is 6.33. The third-order valence-electron chi connectivity index (χ3n) is 4.21. The van der Waals surface area contributed by atoms with Crippen LogP contribution in [0.5, 0.6) is 0 Å². The standard InChI is InChI=1S/C20H22N4O/c1-13(11-16-5-4-10-21-12-16)22-20(25)18-8-6-17(7-9-18)19-14(2)23-24-15(19)3/h4-10,12-13H,11H2,1-3H3,(H,22,25)(H,23,24)/t13-/m0/s1. The highest BCUT2D eigenvalue weighted by atomic mass is 16.1. The van der Waals surface area contributed by atoms with Crippen molar-refractivity contribution in [2.24, 2.45) is 0 Å². The van der Waals surface area contributed by atoms with Crippen LogP contribution in [-0.4, -0.2) is 27.1 Å². The molecule has 2 aromatic heterocycles. The van der Waals surface area contributed by atoms with Crippen LogP contribution in [0.3, 0.4) is 0 Å². The number of rotatable bonds is 5. The monoisotopic (exact) mass is 334 g/mol. The van der Waals surface area contributed by atoms with Crippen LogP contribution in [0.2, 0.25) is 0 Å². The van der Waals surface area contributed by atoms with Gasteiger partial charge in [-0.05, 0) is 56.5 Å². The van der Waals surface area contributed by atoms with Crippen LogP contribution in [0.25, 0.3) is 11.1 Å². The summed E-state index contributed by atoms with van der Waals surface area (Å²) < 4.78 is 0. The van der Waals surface area contributed by atoms with E-state index in [0.717, 1.165) is 34.5 Å². The summed E-state index contributed by atoms with van der Waals surface area (Å²) in [6.07, 6.45) is 4.33. The Kier molecular flexibility index (Phi) is 4.93. The molecule has 25 heavy (non-hydrogen) atoms. The number of aryl methyl sites for hydroxylation is 2. The van der Waals surface area contributed by atoms with Gasteiger partial charge in [0, 0.05) is 35.3 Å². The summed E-state index contributed by atoms with van der Waals surface area (Å²) in [4.78, 5) is 16.5. The molecule has 2 N–H and O–H groups in total. The molecule has 0 bridgehead atoms. The van der Waals surface area contributed by atoms with Crippen LogP contribution in [0.4, 0.5) is 0 Å². The number of carbonyl (C=O) groups excluding carboxylic acids is 1. The molecule has 5 heteroatoms. The number of hydrogen-bond acceptors (Lipinski definition) is 3. The molecule has 0 saturated heterocycles. The lowest BCUT2D eigenvalue weighted by Gasteiger charge is -2.14. The molecule has 0 aliphatic carbocycles. The number of amides is 1. The summed E-state index contributed by atoms with van der Waals surface area (Å²) in [6, 6.07) is 11.6. The van der Waals surface area contributed by atoms with Gasteiger partial charge in [0.15, 0.2) is 0 Å². The molecule has 3 aromatic rings. The Balaban J connectivity index is 1.67. The highest BCUT2D eigenvalue weighted by Crippen LogP contribution is 2.25. The molecule has 2 heterocycles. The van der Waals surface area contributed by atoms with Gasteiger partial charge in [0.05, 0.1) is 5.69 Å². The van der Waals surface area contributed by atoms with Gasteiger partial charge in [-0.3, -0.25) is 14.9 Å². The van der Waals surface area contributed by atoms with Gasteiger partial charge in [-0.25, -0.2) is 0 Å². The Hall–Kier alpha value is -2.95. The summed E-state index contributed by atoms with van der Waals surface area (Å²) >= 11 is 0. The first-order chi connectivity index (χ1) is 12.0. The average Bonchev–Trinajstić information content (AvgIpc) is 2.94. The van der Waals surface area contributed by atoms with Crippen LogP contribution in [0.1, 0.15) is 34.2 Å². The predicted molar refractivity (Wildman–Crippen MR) is 98.4 cm³/mol. The van der Waals surface area contributed by atoms with Gasteiger partial charge in [-0.15, -0.1) is 0 Å². The molecule has 0 radical (unpaired) electrons. The van der Waals surface area contributed by atoms with E-state index in [1.54, 1.807) is 6.20 Å². The minimum absolute atomic E-state index is 0.0368. The van der Waals surface area contributed by atoms with E-state index in [1.165, 1.54) is 0 Å². The SMILES string of the molecule is Cc1n[nH]c(C)c1-c1ccc(C(=O)N[C@@H](C)Cc2cccnc2)cc1. The van der Waals surface area contributed by atoms with Crippen molar-refractivity contribution in [1.82, 2.24) is 20.5 Å².